The topological polar surface area (TPSA) is 27.1 Å². The lowest BCUT2D eigenvalue weighted by atomic mass is 10.3. The van der Waals surface area contributed by atoms with E-state index in [1.807, 2.05) is 0 Å². The van der Waals surface area contributed by atoms with Crippen molar-refractivity contribution in [3.63, 3.8) is 0 Å². The monoisotopic (exact) mass is 270 g/mol. The molecule has 1 aromatic heterocycles. The van der Waals surface area contributed by atoms with Crippen LogP contribution < -0.4 is 4.74 Å². The van der Waals surface area contributed by atoms with Crippen LogP contribution in [0.5, 0.6) is 11.8 Å². The van der Waals surface area contributed by atoms with Gasteiger partial charge in [0.05, 0.1) is 6.20 Å². The molecule has 0 N–H and O–H groups in total. The minimum atomic E-state index is -0.333. The fourth-order valence-corrected chi connectivity index (χ4v) is 1.36. The highest BCUT2D eigenvalue weighted by atomic mass is 79.9. The molecule has 1 aromatic carbocycles. The molecule has 0 unspecified atom stereocenters. The van der Waals surface area contributed by atoms with E-state index in [1.54, 1.807) is 29.9 Å². The summed E-state index contributed by atoms with van der Waals surface area (Å²) in [6.45, 7) is 0. The molecule has 0 spiro atoms. The van der Waals surface area contributed by atoms with Gasteiger partial charge in [-0.2, -0.15) is 0 Å². The SMILES string of the molecule is Cn1c(Br)cnc1Oc1cccc(F)c1. The van der Waals surface area contributed by atoms with Crippen molar-refractivity contribution in [2.24, 2.45) is 7.05 Å². The Hall–Kier alpha value is -1.36. The molecule has 0 bridgehead atoms. The summed E-state index contributed by atoms with van der Waals surface area (Å²) in [5.41, 5.74) is 0. The normalized spacial score (nSPS) is 10.3. The number of ether oxygens (including phenoxy) is 1. The fourth-order valence-electron chi connectivity index (χ4n) is 1.10. The van der Waals surface area contributed by atoms with Crippen molar-refractivity contribution in [1.29, 1.82) is 0 Å². The minimum absolute atomic E-state index is 0.333. The number of halogens is 2. The largest absolute Gasteiger partial charge is 0.425 e. The Balaban J connectivity index is 2.26. The van der Waals surface area contributed by atoms with Crippen molar-refractivity contribution in [2.75, 3.05) is 0 Å². The summed E-state index contributed by atoms with van der Waals surface area (Å²) in [6.07, 6.45) is 1.62. The Labute approximate surface area is 94.6 Å². The van der Waals surface area contributed by atoms with E-state index in [0.29, 0.717) is 11.8 Å². The third kappa shape index (κ3) is 2.18. The highest BCUT2D eigenvalue weighted by Gasteiger charge is 2.06. The standard InChI is InChI=1S/C10H8BrFN2O/c1-14-9(11)6-13-10(14)15-8-4-2-3-7(12)5-8/h2-6H,1H3. The van der Waals surface area contributed by atoms with E-state index in [1.165, 1.54) is 12.1 Å². The number of hydrogen-bond donors (Lipinski definition) is 0. The third-order valence-electron chi connectivity index (χ3n) is 1.89. The van der Waals surface area contributed by atoms with Gasteiger partial charge in [-0.1, -0.05) is 6.07 Å². The van der Waals surface area contributed by atoms with E-state index in [-0.39, 0.29) is 5.82 Å². The molecule has 3 nitrogen and oxygen atoms in total. The average Bonchev–Trinajstić information content (AvgIpc) is 2.50. The summed E-state index contributed by atoms with van der Waals surface area (Å²) in [6, 6.07) is 6.34. The van der Waals surface area contributed by atoms with Gasteiger partial charge in [0.25, 0.3) is 0 Å². The van der Waals surface area contributed by atoms with Crippen LogP contribution in [0.3, 0.4) is 0 Å². The van der Waals surface area contributed by atoms with Crippen LogP contribution in [0, 0.1) is 5.82 Å². The molecule has 15 heavy (non-hydrogen) atoms. The zero-order chi connectivity index (χ0) is 10.8. The maximum absolute atomic E-state index is 12.9. The smallest absolute Gasteiger partial charge is 0.302 e. The molecule has 0 aliphatic carbocycles. The second-order valence-electron chi connectivity index (χ2n) is 2.98. The van der Waals surface area contributed by atoms with E-state index in [9.17, 15) is 4.39 Å². The molecule has 0 amide bonds. The van der Waals surface area contributed by atoms with Crippen molar-refractivity contribution in [2.45, 2.75) is 0 Å². The van der Waals surface area contributed by atoms with Gasteiger partial charge < -0.3 is 4.74 Å². The van der Waals surface area contributed by atoms with Crippen LogP contribution in [0.1, 0.15) is 0 Å². The predicted octanol–water partition coefficient (Wildman–Crippen LogP) is 3.11. The number of benzene rings is 1. The lowest BCUT2D eigenvalue weighted by Crippen LogP contribution is -1.94. The first-order valence-corrected chi connectivity index (χ1v) is 5.07. The maximum Gasteiger partial charge on any atom is 0.302 e. The molecule has 1 heterocycles. The van der Waals surface area contributed by atoms with Gasteiger partial charge >= 0.3 is 6.01 Å². The number of rotatable bonds is 2. The second-order valence-corrected chi connectivity index (χ2v) is 3.79. The Bertz CT molecular complexity index is 484. The Kier molecular flexibility index (Phi) is 2.73. The molecule has 2 aromatic rings. The molecule has 0 fully saturated rings. The molecule has 0 aliphatic heterocycles. The van der Waals surface area contributed by atoms with Crippen LogP contribution in [-0.2, 0) is 7.05 Å². The van der Waals surface area contributed by atoms with Gasteiger partial charge in [-0.25, -0.2) is 9.37 Å². The highest BCUT2D eigenvalue weighted by Crippen LogP contribution is 2.22. The molecular weight excluding hydrogens is 263 g/mol. The zero-order valence-electron chi connectivity index (χ0n) is 7.95. The predicted molar refractivity (Wildman–Crippen MR) is 57.4 cm³/mol. The fraction of sp³-hybridized carbons (Fsp3) is 0.100. The first-order chi connectivity index (χ1) is 7.16. The van der Waals surface area contributed by atoms with E-state index < -0.39 is 0 Å². The van der Waals surface area contributed by atoms with E-state index in [2.05, 4.69) is 20.9 Å². The van der Waals surface area contributed by atoms with E-state index in [4.69, 9.17) is 4.74 Å². The van der Waals surface area contributed by atoms with E-state index in [0.717, 1.165) is 4.60 Å². The summed E-state index contributed by atoms with van der Waals surface area (Å²) in [4.78, 5) is 4.01. The summed E-state index contributed by atoms with van der Waals surface area (Å²) < 4.78 is 20.8. The van der Waals surface area contributed by atoms with Gasteiger partial charge in [0.15, 0.2) is 0 Å². The van der Waals surface area contributed by atoms with Gasteiger partial charge in [0.2, 0.25) is 0 Å². The van der Waals surface area contributed by atoms with Crippen LogP contribution in [0.4, 0.5) is 4.39 Å². The van der Waals surface area contributed by atoms with Crippen LogP contribution in [0.2, 0.25) is 0 Å². The molecule has 2 rings (SSSR count). The van der Waals surface area contributed by atoms with Crippen LogP contribution in [-0.4, -0.2) is 9.55 Å². The number of hydrogen-bond acceptors (Lipinski definition) is 2. The Morgan fingerprint density at radius 3 is 2.87 bits per heavy atom. The molecule has 0 atom stereocenters. The molecule has 0 saturated carbocycles. The molecule has 0 aliphatic rings. The first-order valence-electron chi connectivity index (χ1n) is 4.27. The average molecular weight is 271 g/mol. The quantitative estimate of drug-likeness (QED) is 0.839. The summed E-state index contributed by atoms with van der Waals surface area (Å²) in [7, 11) is 1.80. The van der Waals surface area contributed by atoms with Crippen molar-refractivity contribution in [3.05, 3.63) is 40.9 Å². The number of nitrogens with zero attached hydrogens (tertiary/aromatic N) is 2. The highest BCUT2D eigenvalue weighted by molar-refractivity contribution is 9.10. The molecule has 5 heteroatoms. The first kappa shape index (κ1) is 10.2. The Morgan fingerprint density at radius 2 is 2.27 bits per heavy atom. The number of imidazole rings is 1. The van der Waals surface area contributed by atoms with Crippen LogP contribution in [0.25, 0.3) is 0 Å². The third-order valence-corrected chi connectivity index (χ3v) is 2.63. The summed E-state index contributed by atoms with van der Waals surface area (Å²) in [5, 5.41) is 0. The lowest BCUT2D eigenvalue weighted by molar-refractivity contribution is 0.420. The van der Waals surface area contributed by atoms with Crippen LogP contribution >= 0.6 is 15.9 Å². The van der Waals surface area contributed by atoms with Crippen molar-refractivity contribution < 1.29 is 9.13 Å². The minimum Gasteiger partial charge on any atom is -0.425 e. The van der Waals surface area contributed by atoms with E-state index >= 15 is 0 Å². The molecule has 0 radical (unpaired) electrons. The number of aromatic nitrogens is 2. The van der Waals surface area contributed by atoms with Crippen molar-refractivity contribution >= 4 is 15.9 Å². The maximum atomic E-state index is 12.9. The van der Waals surface area contributed by atoms with Gasteiger partial charge in [0.1, 0.15) is 16.2 Å². The Morgan fingerprint density at radius 1 is 1.47 bits per heavy atom. The van der Waals surface area contributed by atoms with Crippen molar-refractivity contribution in [1.82, 2.24) is 9.55 Å². The molecule has 78 valence electrons. The zero-order valence-corrected chi connectivity index (χ0v) is 9.53. The van der Waals surface area contributed by atoms with Gasteiger partial charge in [0, 0.05) is 13.1 Å². The van der Waals surface area contributed by atoms with Crippen LogP contribution in [0.15, 0.2) is 35.1 Å². The van der Waals surface area contributed by atoms with Gasteiger partial charge in [-0.3, -0.25) is 4.57 Å². The summed E-state index contributed by atoms with van der Waals surface area (Å²) >= 11 is 3.29. The molecular formula is C10H8BrFN2O. The molecule has 0 saturated heterocycles. The van der Waals surface area contributed by atoms with Gasteiger partial charge in [-0.15, -0.1) is 0 Å². The summed E-state index contributed by atoms with van der Waals surface area (Å²) in [5.74, 6) is 0.0944. The van der Waals surface area contributed by atoms with Gasteiger partial charge in [-0.05, 0) is 28.1 Å². The second kappa shape index (κ2) is 4.02. The lowest BCUT2D eigenvalue weighted by Gasteiger charge is -2.04. The van der Waals surface area contributed by atoms with Crippen molar-refractivity contribution in [3.8, 4) is 11.8 Å².